The molecule has 0 radical (unpaired) electrons. The number of nitrogens with one attached hydrogen (secondary N) is 1. The number of benzene rings is 2. The number of hydrogen-bond acceptors (Lipinski definition) is 4. The summed E-state index contributed by atoms with van der Waals surface area (Å²) < 4.78 is 19.5. The van der Waals surface area contributed by atoms with Crippen LogP contribution in [0.5, 0.6) is 5.75 Å². The van der Waals surface area contributed by atoms with E-state index in [1.807, 2.05) is 24.3 Å². The van der Waals surface area contributed by atoms with Crippen molar-refractivity contribution < 1.29 is 18.7 Å². The van der Waals surface area contributed by atoms with Gasteiger partial charge in [0, 0.05) is 23.9 Å². The van der Waals surface area contributed by atoms with Crippen molar-refractivity contribution in [2.75, 3.05) is 12.9 Å². The van der Waals surface area contributed by atoms with E-state index in [9.17, 15) is 14.0 Å². The van der Waals surface area contributed by atoms with Crippen LogP contribution in [-0.4, -0.2) is 41.7 Å². The predicted molar refractivity (Wildman–Crippen MR) is 131 cm³/mol. The van der Waals surface area contributed by atoms with E-state index in [2.05, 4.69) is 5.32 Å². The molecule has 5 nitrogen and oxygen atoms in total. The van der Waals surface area contributed by atoms with Crippen LogP contribution in [-0.2, 0) is 21.9 Å². The van der Waals surface area contributed by atoms with E-state index in [1.165, 1.54) is 29.1 Å². The molecule has 0 bridgehead atoms. The second-order valence-corrected chi connectivity index (χ2v) is 9.46. The number of methoxy groups -OCH3 is 1. The molecule has 1 saturated carbocycles. The number of carbonyl (C=O) groups excluding carboxylic acids is 2. The first-order chi connectivity index (χ1) is 16.0. The molecule has 0 saturated heterocycles. The van der Waals surface area contributed by atoms with Crippen molar-refractivity contribution in [3.63, 3.8) is 0 Å². The molecule has 0 spiro atoms. The Morgan fingerprint density at radius 1 is 1.12 bits per heavy atom. The first-order valence-corrected chi connectivity index (χ1v) is 12.7. The fourth-order valence-corrected chi connectivity index (χ4v) is 4.89. The van der Waals surface area contributed by atoms with Gasteiger partial charge in [-0.3, -0.25) is 9.59 Å². The molecular weight excluding hydrogens is 439 g/mol. The van der Waals surface area contributed by atoms with Crippen LogP contribution in [0.4, 0.5) is 4.39 Å². The summed E-state index contributed by atoms with van der Waals surface area (Å²) in [4.78, 5) is 27.6. The lowest BCUT2D eigenvalue weighted by Gasteiger charge is -2.31. The molecule has 2 aromatic carbocycles. The minimum atomic E-state index is -0.680. The molecule has 0 heterocycles. The number of hydrogen-bond donors (Lipinski definition) is 1. The van der Waals surface area contributed by atoms with Gasteiger partial charge in [0.2, 0.25) is 11.8 Å². The zero-order valence-corrected chi connectivity index (χ0v) is 20.2. The Hall–Kier alpha value is -2.54. The first-order valence-electron chi connectivity index (χ1n) is 11.5. The van der Waals surface area contributed by atoms with Gasteiger partial charge in [0.25, 0.3) is 0 Å². The van der Waals surface area contributed by atoms with Gasteiger partial charge in [-0.05, 0) is 43.5 Å². The second-order valence-electron chi connectivity index (χ2n) is 8.47. The van der Waals surface area contributed by atoms with Crippen LogP contribution >= 0.6 is 11.8 Å². The fraction of sp³-hybridized carbons (Fsp3) is 0.462. The maximum atomic E-state index is 14.3. The molecule has 1 aliphatic carbocycles. The maximum absolute atomic E-state index is 14.3. The summed E-state index contributed by atoms with van der Waals surface area (Å²) in [5, 5.41) is 3.10. The van der Waals surface area contributed by atoms with Gasteiger partial charge < -0.3 is 15.0 Å². The summed E-state index contributed by atoms with van der Waals surface area (Å²) in [6.45, 7) is 1.79. The number of carbonyl (C=O) groups is 2. The molecule has 3 rings (SSSR count). The smallest absolute Gasteiger partial charge is 0.242 e. The quantitative estimate of drug-likeness (QED) is 0.533. The van der Waals surface area contributed by atoms with Gasteiger partial charge in [-0.1, -0.05) is 49.6 Å². The van der Waals surface area contributed by atoms with Crippen molar-refractivity contribution in [3.05, 3.63) is 65.5 Å². The zero-order chi connectivity index (χ0) is 23.6. The van der Waals surface area contributed by atoms with Crippen LogP contribution in [0.3, 0.4) is 0 Å². The Balaban J connectivity index is 1.64. The Bertz CT molecular complexity index is 916. The molecule has 0 aromatic heterocycles. The number of thioether (sulfide) groups is 1. The van der Waals surface area contributed by atoms with Gasteiger partial charge in [-0.15, -0.1) is 11.8 Å². The van der Waals surface area contributed by atoms with Gasteiger partial charge in [0.05, 0.1) is 12.9 Å². The highest BCUT2D eigenvalue weighted by Crippen LogP contribution is 2.20. The lowest BCUT2D eigenvalue weighted by atomic mass is 9.95. The van der Waals surface area contributed by atoms with Crippen LogP contribution in [0.2, 0.25) is 0 Å². The minimum absolute atomic E-state index is 0.0633. The topological polar surface area (TPSA) is 58.6 Å². The largest absolute Gasteiger partial charge is 0.497 e. The molecular formula is C26H33FN2O3S. The Morgan fingerprint density at radius 3 is 2.48 bits per heavy atom. The van der Waals surface area contributed by atoms with Gasteiger partial charge in [-0.25, -0.2) is 4.39 Å². The van der Waals surface area contributed by atoms with Crippen molar-refractivity contribution in [1.82, 2.24) is 10.2 Å². The molecule has 0 aliphatic heterocycles. The highest BCUT2D eigenvalue weighted by atomic mass is 32.2. The summed E-state index contributed by atoms with van der Waals surface area (Å²) in [7, 11) is 1.62. The molecule has 1 fully saturated rings. The van der Waals surface area contributed by atoms with Crippen LogP contribution < -0.4 is 10.1 Å². The fourth-order valence-electron chi connectivity index (χ4n) is 4.02. The lowest BCUT2D eigenvalue weighted by Crippen LogP contribution is -2.51. The molecule has 1 unspecified atom stereocenters. The Morgan fingerprint density at radius 2 is 1.82 bits per heavy atom. The van der Waals surface area contributed by atoms with E-state index in [1.54, 1.807) is 32.2 Å². The SMILES string of the molecule is COc1ccc(CSCC(=O)N(Cc2ccccc2F)C(C)C(=O)NC2CCCCC2)cc1. The van der Waals surface area contributed by atoms with Gasteiger partial charge >= 0.3 is 0 Å². The predicted octanol–water partition coefficient (Wildman–Crippen LogP) is 4.93. The van der Waals surface area contributed by atoms with E-state index in [-0.39, 0.29) is 36.0 Å². The van der Waals surface area contributed by atoms with Crippen LogP contribution in [0.25, 0.3) is 0 Å². The summed E-state index contributed by atoms with van der Waals surface area (Å²) in [5.74, 6) is 0.928. The number of ether oxygens (including phenoxy) is 1. The van der Waals surface area contributed by atoms with Crippen molar-refractivity contribution >= 4 is 23.6 Å². The lowest BCUT2D eigenvalue weighted by molar-refractivity contribution is -0.139. The summed E-state index contributed by atoms with van der Waals surface area (Å²) in [5.41, 5.74) is 1.49. The third kappa shape index (κ3) is 7.49. The third-order valence-corrected chi connectivity index (χ3v) is 7.06. The van der Waals surface area contributed by atoms with Crippen molar-refractivity contribution in [3.8, 4) is 5.75 Å². The average Bonchev–Trinajstić information content (AvgIpc) is 2.84. The molecule has 33 heavy (non-hydrogen) atoms. The van der Waals surface area contributed by atoms with Crippen LogP contribution in [0.1, 0.15) is 50.2 Å². The highest BCUT2D eigenvalue weighted by molar-refractivity contribution is 7.99. The van der Waals surface area contributed by atoms with E-state index in [0.717, 1.165) is 37.0 Å². The van der Waals surface area contributed by atoms with Crippen LogP contribution in [0, 0.1) is 5.82 Å². The van der Waals surface area contributed by atoms with Gasteiger partial charge in [0.1, 0.15) is 17.6 Å². The summed E-state index contributed by atoms with van der Waals surface area (Å²) in [6.07, 6.45) is 5.36. The molecule has 1 aliphatic rings. The molecule has 178 valence electrons. The Labute approximate surface area is 200 Å². The number of halogens is 1. The highest BCUT2D eigenvalue weighted by Gasteiger charge is 2.28. The molecule has 7 heteroatoms. The van der Waals surface area contributed by atoms with Gasteiger partial charge in [0.15, 0.2) is 0 Å². The third-order valence-electron chi connectivity index (χ3n) is 6.07. The van der Waals surface area contributed by atoms with Crippen LogP contribution in [0.15, 0.2) is 48.5 Å². The van der Waals surface area contributed by atoms with Crippen molar-refractivity contribution in [2.24, 2.45) is 0 Å². The van der Waals surface area contributed by atoms with E-state index >= 15 is 0 Å². The number of nitrogens with zero attached hydrogens (tertiary/aromatic N) is 1. The maximum Gasteiger partial charge on any atom is 0.242 e. The molecule has 2 amide bonds. The molecule has 1 N–H and O–H groups in total. The van der Waals surface area contributed by atoms with E-state index < -0.39 is 6.04 Å². The summed E-state index contributed by atoms with van der Waals surface area (Å²) in [6, 6.07) is 13.6. The first kappa shape index (κ1) is 25.1. The zero-order valence-electron chi connectivity index (χ0n) is 19.4. The van der Waals surface area contributed by atoms with Crippen molar-refractivity contribution in [1.29, 1.82) is 0 Å². The Kier molecular flexibility index (Phi) is 9.61. The minimum Gasteiger partial charge on any atom is -0.497 e. The monoisotopic (exact) mass is 472 g/mol. The number of amides is 2. The van der Waals surface area contributed by atoms with Gasteiger partial charge in [-0.2, -0.15) is 0 Å². The normalized spacial score (nSPS) is 15.0. The average molecular weight is 473 g/mol. The molecule has 1 atom stereocenters. The standard InChI is InChI=1S/C26H33FN2O3S/c1-19(26(31)28-22-9-4-3-5-10-22)29(16-21-8-6-7-11-24(21)27)25(30)18-33-17-20-12-14-23(32-2)15-13-20/h6-8,11-15,19,22H,3-5,9-10,16-18H2,1-2H3,(H,28,31). The summed E-state index contributed by atoms with van der Waals surface area (Å²) >= 11 is 1.48. The van der Waals surface area contributed by atoms with E-state index in [0.29, 0.717) is 11.3 Å². The van der Waals surface area contributed by atoms with Crippen molar-refractivity contribution in [2.45, 2.75) is 63.4 Å². The molecule has 2 aromatic rings. The number of rotatable bonds is 10. The van der Waals surface area contributed by atoms with E-state index in [4.69, 9.17) is 4.74 Å². The second kappa shape index (κ2) is 12.6.